The van der Waals surface area contributed by atoms with E-state index in [0.717, 1.165) is 67.3 Å². The van der Waals surface area contributed by atoms with E-state index in [1.807, 2.05) is 19.9 Å². The van der Waals surface area contributed by atoms with Crippen molar-refractivity contribution in [2.45, 2.75) is 27.7 Å². The molecule has 128 valence electrons. The second-order valence-electron chi connectivity index (χ2n) is 6.11. The number of nitrogens with one attached hydrogen (secondary N) is 1. The van der Waals surface area contributed by atoms with Gasteiger partial charge in [-0.2, -0.15) is 4.98 Å². The predicted octanol–water partition coefficient (Wildman–Crippen LogP) is 1.95. The third kappa shape index (κ3) is 3.39. The molecule has 0 amide bonds. The number of aromatic nitrogens is 4. The molecule has 2 aromatic rings. The number of nitrogens with zero attached hydrogens (tertiary/aromatic N) is 6. The van der Waals surface area contributed by atoms with Crippen LogP contribution in [0.15, 0.2) is 12.4 Å². The molecule has 3 heterocycles. The molecule has 0 spiro atoms. The fourth-order valence-corrected chi connectivity index (χ4v) is 2.93. The zero-order chi connectivity index (χ0) is 17.1. The summed E-state index contributed by atoms with van der Waals surface area (Å²) in [4.78, 5) is 22.5. The van der Waals surface area contributed by atoms with Gasteiger partial charge in [-0.05, 0) is 27.7 Å². The predicted molar refractivity (Wildman–Crippen MR) is 96.9 cm³/mol. The van der Waals surface area contributed by atoms with Crippen LogP contribution in [0.1, 0.15) is 23.9 Å². The Morgan fingerprint density at radius 1 is 1.00 bits per heavy atom. The van der Waals surface area contributed by atoms with Gasteiger partial charge in [0.25, 0.3) is 0 Å². The van der Waals surface area contributed by atoms with Gasteiger partial charge in [-0.25, -0.2) is 15.0 Å². The molecule has 1 fully saturated rings. The number of rotatable bonds is 4. The lowest BCUT2D eigenvalue weighted by Crippen LogP contribution is -2.47. The van der Waals surface area contributed by atoms with Gasteiger partial charge in [0.2, 0.25) is 5.95 Å². The Bertz CT molecular complexity index is 708. The number of hydrogen-bond acceptors (Lipinski definition) is 7. The summed E-state index contributed by atoms with van der Waals surface area (Å²) in [6.07, 6.45) is 1.65. The van der Waals surface area contributed by atoms with E-state index in [1.54, 1.807) is 6.33 Å². The van der Waals surface area contributed by atoms with Gasteiger partial charge < -0.3 is 15.1 Å². The van der Waals surface area contributed by atoms with Crippen LogP contribution in [0, 0.1) is 20.8 Å². The van der Waals surface area contributed by atoms with Crippen LogP contribution in [0.3, 0.4) is 0 Å². The van der Waals surface area contributed by atoms with Gasteiger partial charge in [-0.1, -0.05) is 0 Å². The van der Waals surface area contributed by atoms with E-state index in [4.69, 9.17) is 0 Å². The lowest BCUT2D eigenvalue weighted by molar-refractivity contribution is 0.631. The monoisotopic (exact) mass is 327 g/mol. The van der Waals surface area contributed by atoms with Crippen molar-refractivity contribution in [2.24, 2.45) is 0 Å². The minimum Gasteiger partial charge on any atom is -0.370 e. The smallest absolute Gasteiger partial charge is 0.227 e. The molecule has 7 nitrogen and oxygen atoms in total. The minimum absolute atomic E-state index is 0.807. The van der Waals surface area contributed by atoms with Gasteiger partial charge in [0.05, 0.1) is 0 Å². The normalized spacial score (nSPS) is 14.8. The second kappa shape index (κ2) is 6.98. The van der Waals surface area contributed by atoms with Crippen LogP contribution in [-0.2, 0) is 0 Å². The number of piperazine rings is 1. The summed E-state index contributed by atoms with van der Waals surface area (Å²) in [5, 5.41) is 3.27. The second-order valence-corrected chi connectivity index (χ2v) is 6.11. The number of hydrogen-bond donors (Lipinski definition) is 1. The van der Waals surface area contributed by atoms with E-state index >= 15 is 0 Å². The first-order valence-electron chi connectivity index (χ1n) is 8.46. The highest BCUT2D eigenvalue weighted by Crippen LogP contribution is 2.21. The van der Waals surface area contributed by atoms with E-state index in [9.17, 15) is 0 Å². The summed E-state index contributed by atoms with van der Waals surface area (Å²) in [6, 6.07) is 1.98. The highest BCUT2D eigenvalue weighted by Gasteiger charge is 2.22. The summed E-state index contributed by atoms with van der Waals surface area (Å²) >= 11 is 0. The molecule has 2 aromatic heterocycles. The first kappa shape index (κ1) is 16.4. The molecule has 0 radical (unpaired) electrons. The van der Waals surface area contributed by atoms with Crippen LogP contribution in [0.2, 0.25) is 0 Å². The van der Waals surface area contributed by atoms with Crippen LogP contribution >= 0.6 is 0 Å². The molecule has 1 aliphatic heterocycles. The lowest BCUT2D eigenvalue weighted by Gasteiger charge is -2.36. The Balaban J connectivity index is 1.72. The Kier molecular flexibility index (Phi) is 4.78. The molecule has 0 aliphatic carbocycles. The van der Waals surface area contributed by atoms with Crippen molar-refractivity contribution in [3.8, 4) is 0 Å². The molecule has 0 aromatic carbocycles. The fraction of sp³-hybridized carbons (Fsp3) is 0.529. The summed E-state index contributed by atoms with van der Waals surface area (Å²) in [5.41, 5.74) is 3.19. The van der Waals surface area contributed by atoms with Crippen LogP contribution in [0.4, 0.5) is 17.6 Å². The van der Waals surface area contributed by atoms with Gasteiger partial charge in [0, 0.05) is 55.7 Å². The standard InChI is InChI=1S/C17H25N7/c1-5-18-15-10-12(2)21-17(22-15)24-8-6-23(7-9-24)16-13(3)14(4)19-11-20-16/h10-11H,5-9H2,1-4H3,(H,18,21,22). The molecule has 3 rings (SSSR count). The molecule has 0 atom stereocenters. The van der Waals surface area contributed by atoms with Crippen molar-refractivity contribution < 1.29 is 0 Å². The third-order valence-electron chi connectivity index (χ3n) is 4.37. The van der Waals surface area contributed by atoms with Crippen molar-refractivity contribution in [1.82, 2.24) is 19.9 Å². The Morgan fingerprint density at radius 2 is 1.71 bits per heavy atom. The van der Waals surface area contributed by atoms with Crippen molar-refractivity contribution in [1.29, 1.82) is 0 Å². The quantitative estimate of drug-likeness (QED) is 0.920. The van der Waals surface area contributed by atoms with Crippen LogP contribution < -0.4 is 15.1 Å². The maximum absolute atomic E-state index is 4.64. The summed E-state index contributed by atoms with van der Waals surface area (Å²) in [6.45, 7) is 12.6. The molecular formula is C17H25N7. The highest BCUT2D eigenvalue weighted by molar-refractivity contribution is 5.50. The van der Waals surface area contributed by atoms with E-state index in [1.165, 1.54) is 0 Å². The number of aryl methyl sites for hydroxylation is 2. The van der Waals surface area contributed by atoms with Crippen LogP contribution in [0.25, 0.3) is 0 Å². The molecule has 0 bridgehead atoms. The van der Waals surface area contributed by atoms with Crippen molar-refractivity contribution >= 4 is 17.6 Å². The molecule has 0 unspecified atom stereocenters. The van der Waals surface area contributed by atoms with E-state index in [-0.39, 0.29) is 0 Å². The van der Waals surface area contributed by atoms with E-state index in [2.05, 4.69) is 48.9 Å². The molecule has 0 saturated carbocycles. The zero-order valence-corrected chi connectivity index (χ0v) is 14.9. The largest absolute Gasteiger partial charge is 0.370 e. The van der Waals surface area contributed by atoms with Crippen LogP contribution in [0.5, 0.6) is 0 Å². The van der Waals surface area contributed by atoms with Crippen molar-refractivity contribution in [3.63, 3.8) is 0 Å². The molecule has 1 N–H and O–H groups in total. The molecule has 7 heteroatoms. The molecule has 1 saturated heterocycles. The van der Waals surface area contributed by atoms with Crippen molar-refractivity contribution in [3.05, 3.63) is 29.3 Å². The SMILES string of the molecule is CCNc1cc(C)nc(N2CCN(c3ncnc(C)c3C)CC2)n1. The summed E-state index contributed by atoms with van der Waals surface area (Å²) in [5.74, 6) is 2.74. The third-order valence-corrected chi connectivity index (χ3v) is 4.37. The Morgan fingerprint density at radius 3 is 2.42 bits per heavy atom. The minimum atomic E-state index is 0.807. The van der Waals surface area contributed by atoms with Gasteiger partial charge in [-0.15, -0.1) is 0 Å². The number of anilines is 3. The molecule has 24 heavy (non-hydrogen) atoms. The molecule has 1 aliphatic rings. The highest BCUT2D eigenvalue weighted by atomic mass is 15.3. The maximum atomic E-state index is 4.64. The Labute approximate surface area is 143 Å². The molecular weight excluding hydrogens is 302 g/mol. The summed E-state index contributed by atoms with van der Waals surface area (Å²) in [7, 11) is 0. The average Bonchev–Trinajstić information content (AvgIpc) is 2.57. The first-order valence-corrected chi connectivity index (χ1v) is 8.46. The van der Waals surface area contributed by atoms with Crippen molar-refractivity contribution in [2.75, 3.05) is 47.8 Å². The lowest BCUT2D eigenvalue weighted by atomic mass is 10.2. The van der Waals surface area contributed by atoms with Gasteiger partial charge >= 0.3 is 0 Å². The van der Waals surface area contributed by atoms with E-state index < -0.39 is 0 Å². The first-order chi connectivity index (χ1) is 11.6. The van der Waals surface area contributed by atoms with Gasteiger partial charge in [0.1, 0.15) is 18.0 Å². The zero-order valence-electron chi connectivity index (χ0n) is 14.9. The fourth-order valence-electron chi connectivity index (χ4n) is 2.93. The van der Waals surface area contributed by atoms with Gasteiger partial charge in [0.15, 0.2) is 0 Å². The topological polar surface area (TPSA) is 70.1 Å². The Hall–Kier alpha value is -2.44. The van der Waals surface area contributed by atoms with E-state index in [0.29, 0.717) is 0 Å². The summed E-state index contributed by atoms with van der Waals surface area (Å²) < 4.78 is 0. The van der Waals surface area contributed by atoms with Gasteiger partial charge in [-0.3, -0.25) is 0 Å². The van der Waals surface area contributed by atoms with Crippen LogP contribution in [-0.4, -0.2) is 52.7 Å². The maximum Gasteiger partial charge on any atom is 0.227 e. The average molecular weight is 327 g/mol.